The number of carbonyl (C=O) groups is 1. The van der Waals surface area contributed by atoms with Crippen molar-refractivity contribution in [3.63, 3.8) is 0 Å². The first kappa shape index (κ1) is 16.0. The molecule has 1 aromatic heterocycles. The Hall–Kier alpha value is -1.36. The quantitative estimate of drug-likeness (QED) is 0.849. The molecule has 0 spiro atoms. The maximum absolute atomic E-state index is 11.0. The Morgan fingerprint density at radius 1 is 1.43 bits per heavy atom. The number of hydrogen-bond donors (Lipinski definition) is 1. The maximum Gasteiger partial charge on any atom is 0.216 e. The topological polar surface area (TPSA) is 58.1 Å². The van der Waals surface area contributed by atoms with Gasteiger partial charge < -0.3 is 10.2 Å². The van der Waals surface area contributed by atoms with Crippen LogP contribution in [-0.4, -0.2) is 35.5 Å². The van der Waals surface area contributed by atoms with Crippen LogP contribution in [0.2, 0.25) is 5.15 Å². The van der Waals surface area contributed by atoms with Crippen LogP contribution in [-0.2, 0) is 11.2 Å². The lowest BCUT2D eigenvalue weighted by Gasteiger charge is -2.33. The van der Waals surface area contributed by atoms with E-state index in [0.717, 1.165) is 56.7 Å². The summed E-state index contributed by atoms with van der Waals surface area (Å²) in [4.78, 5) is 21.8. The number of nitrogens with zero attached hydrogens (tertiary/aromatic N) is 3. The second-order valence-electron chi connectivity index (χ2n) is 5.58. The van der Waals surface area contributed by atoms with Gasteiger partial charge in [0.25, 0.3) is 0 Å². The number of halogens is 1. The zero-order valence-corrected chi connectivity index (χ0v) is 13.5. The van der Waals surface area contributed by atoms with E-state index in [1.807, 2.05) is 0 Å². The third-order valence-corrected chi connectivity index (χ3v) is 4.25. The van der Waals surface area contributed by atoms with Crippen LogP contribution >= 0.6 is 11.6 Å². The first-order valence-corrected chi connectivity index (χ1v) is 7.98. The van der Waals surface area contributed by atoms with Crippen LogP contribution in [0.15, 0.2) is 6.33 Å². The SMILES string of the molecule is CCCc1c(Cl)ncnc1N1CCC(CNC(C)=O)CC1. The molecule has 1 fully saturated rings. The first-order chi connectivity index (χ1) is 10.1. The zero-order chi connectivity index (χ0) is 15.2. The van der Waals surface area contributed by atoms with Crippen molar-refractivity contribution >= 4 is 23.3 Å². The molecule has 0 bridgehead atoms. The molecule has 0 aromatic carbocycles. The summed E-state index contributed by atoms with van der Waals surface area (Å²) in [5.41, 5.74) is 1.06. The fourth-order valence-corrected chi connectivity index (χ4v) is 2.98. The molecule has 1 aliphatic heterocycles. The van der Waals surface area contributed by atoms with Crippen molar-refractivity contribution in [2.24, 2.45) is 5.92 Å². The van der Waals surface area contributed by atoms with E-state index in [4.69, 9.17) is 11.6 Å². The van der Waals surface area contributed by atoms with E-state index < -0.39 is 0 Å². The highest BCUT2D eigenvalue weighted by Gasteiger charge is 2.23. The van der Waals surface area contributed by atoms with Gasteiger partial charge in [0.05, 0.1) is 0 Å². The molecular formula is C15H23ClN4O. The second-order valence-corrected chi connectivity index (χ2v) is 5.94. The minimum Gasteiger partial charge on any atom is -0.356 e. The lowest BCUT2D eigenvalue weighted by molar-refractivity contribution is -0.119. The summed E-state index contributed by atoms with van der Waals surface area (Å²) in [6.45, 7) is 6.37. The summed E-state index contributed by atoms with van der Waals surface area (Å²) in [7, 11) is 0. The number of nitrogens with one attached hydrogen (secondary N) is 1. The Morgan fingerprint density at radius 2 is 2.14 bits per heavy atom. The average molecular weight is 311 g/mol. The fourth-order valence-electron chi connectivity index (χ4n) is 2.76. The van der Waals surface area contributed by atoms with Gasteiger partial charge in [-0.25, -0.2) is 9.97 Å². The Labute approximate surface area is 131 Å². The minimum absolute atomic E-state index is 0.0465. The van der Waals surface area contributed by atoms with E-state index in [1.165, 1.54) is 0 Å². The molecule has 0 aliphatic carbocycles. The molecule has 1 N–H and O–H groups in total. The standard InChI is InChI=1S/C15H23ClN4O/c1-3-4-13-14(16)18-10-19-15(13)20-7-5-12(6-8-20)9-17-11(2)21/h10,12H,3-9H2,1-2H3,(H,17,21). The minimum atomic E-state index is 0.0465. The zero-order valence-electron chi connectivity index (χ0n) is 12.7. The van der Waals surface area contributed by atoms with Crippen LogP contribution in [0.1, 0.15) is 38.7 Å². The van der Waals surface area contributed by atoms with E-state index in [-0.39, 0.29) is 5.91 Å². The molecule has 0 unspecified atom stereocenters. The fraction of sp³-hybridized carbons (Fsp3) is 0.667. The highest BCUT2D eigenvalue weighted by atomic mass is 35.5. The molecule has 6 heteroatoms. The van der Waals surface area contributed by atoms with Crippen LogP contribution in [0.4, 0.5) is 5.82 Å². The molecule has 1 amide bonds. The molecule has 1 aliphatic rings. The lowest BCUT2D eigenvalue weighted by atomic mass is 9.96. The summed E-state index contributed by atoms with van der Waals surface area (Å²) in [5.74, 6) is 1.58. The number of hydrogen-bond acceptors (Lipinski definition) is 4. The normalized spacial score (nSPS) is 16.0. The first-order valence-electron chi connectivity index (χ1n) is 7.60. The van der Waals surface area contributed by atoms with Crippen molar-refractivity contribution < 1.29 is 4.79 Å². The molecular weight excluding hydrogens is 288 g/mol. The summed E-state index contributed by atoms with van der Waals surface area (Å²) in [5, 5.41) is 3.48. The van der Waals surface area contributed by atoms with Crippen LogP contribution in [0.3, 0.4) is 0 Å². The number of rotatable bonds is 5. The van der Waals surface area contributed by atoms with Crippen molar-refractivity contribution in [2.45, 2.75) is 39.5 Å². The molecule has 2 heterocycles. The van der Waals surface area contributed by atoms with Gasteiger partial charge in [-0.05, 0) is 25.2 Å². The van der Waals surface area contributed by atoms with Crippen molar-refractivity contribution in [1.29, 1.82) is 0 Å². The van der Waals surface area contributed by atoms with Crippen LogP contribution in [0.5, 0.6) is 0 Å². The van der Waals surface area contributed by atoms with Gasteiger partial charge in [-0.15, -0.1) is 0 Å². The number of anilines is 1. The number of piperidine rings is 1. The third kappa shape index (κ3) is 4.30. The number of aromatic nitrogens is 2. The molecule has 0 radical (unpaired) electrons. The van der Waals surface area contributed by atoms with Gasteiger partial charge in [0.2, 0.25) is 5.91 Å². The molecule has 116 valence electrons. The molecule has 0 atom stereocenters. The van der Waals surface area contributed by atoms with Crippen molar-refractivity contribution in [1.82, 2.24) is 15.3 Å². The molecule has 21 heavy (non-hydrogen) atoms. The van der Waals surface area contributed by atoms with Crippen LogP contribution in [0.25, 0.3) is 0 Å². The monoisotopic (exact) mass is 310 g/mol. The summed E-state index contributed by atoms with van der Waals surface area (Å²) >= 11 is 6.22. The third-order valence-electron chi connectivity index (χ3n) is 3.92. The number of amides is 1. The van der Waals surface area contributed by atoms with Gasteiger partial charge in [0.15, 0.2) is 0 Å². The summed E-state index contributed by atoms with van der Waals surface area (Å²) in [6.07, 6.45) is 5.60. The summed E-state index contributed by atoms with van der Waals surface area (Å²) in [6, 6.07) is 0. The van der Waals surface area contributed by atoms with Crippen molar-refractivity contribution in [3.05, 3.63) is 17.0 Å². The average Bonchev–Trinajstić information content (AvgIpc) is 2.48. The van der Waals surface area contributed by atoms with Gasteiger partial charge in [0.1, 0.15) is 17.3 Å². The van der Waals surface area contributed by atoms with Gasteiger partial charge >= 0.3 is 0 Å². The van der Waals surface area contributed by atoms with E-state index >= 15 is 0 Å². The maximum atomic E-state index is 11.0. The highest BCUT2D eigenvalue weighted by molar-refractivity contribution is 6.30. The molecule has 0 saturated carbocycles. The van der Waals surface area contributed by atoms with Gasteiger partial charge in [0, 0.05) is 32.1 Å². The Kier molecular flexibility index (Phi) is 5.79. The van der Waals surface area contributed by atoms with Crippen LogP contribution < -0.4 is 10.2 Å². The van der Waals surface area contributed by atoms with Crippen molar-refractivity contribution in [2.75, 3.05) is 24.5 Å². The van der Waals surface area contributed by atoms with E-state index in [9.17, 15) is 4.79 Å². The van der Waals surface area contributed by atoms with Crippen LogP contribution in [0, 0.1) is 5.92 Å². The predicted molar refractivity (Wildman–Crippen MR) is 84.7 cm³/mol. The second kappa shape index (κ2) is 7.59. The lowest BCUT2D eigenvalue weighted by Crippen LogP contribution is -2.39. The summed E-state index contributed by atoms with van der Waals surface area (Å²) < 4.78 is 0. The molecule has 1 aromatic rings. The Bertz CT molecular complexity index is 487. The molecule has 1 saturated heterocycles. The van der Waals surface area contributed by atoms with Crippen molar-refractivity contribution in [3.8, 4) is 0 Å². The van der Waals surface area contributed by atoms with E-state index in [1.54, 1.807) is 13.3 Å². The van der Waals surface area contributed by atoms with Gasteiger partial charge in [-0.2, -0.15) is 0 Å². The van der Waals surface area contributed by atoms with Gasteiger partial charge in [-0.1, -0.05) is 24.9 Å². The van der Waals surface area contributed by atoms with Gasteiger partial charge in [-0.3, -0.25) is 4.79 Å². The molecule has 5 nitrogen and oxygen atoms in total. The number of carbonyl (C=O) groups excluding carboxylic acids is 1. The largest absolute Gasteiger partial charge is 0.356 e. The highest BCUT2D eigenvalue weighted by Crippen LogP contribution is 2.28. The predicted octanol–water partition coefficient (Wildman–Crippen LogP) is 2.44. The Balaban J connectivity index is 1.99. The smallest absolute Gasteiger partial charge is 0.216 e. The van der Waals surface area contributed by atoms with E-state index in [0.29, 0.717) is 11.1 Å². The van der Waals surface area contributed by atoms with E-state index in [2.05, 4.69) is 27.1 Å². The Morgan fingerprint density at radius 3 is 2.76 bits per heavy atom. The molecule has 2 rings (SSSR count).